The first-order chi connectivity index (χ1) is 13.6. The van der Waals surface area contributed by atoms with Crippen LogP contribution in [0.4, 0.5) is 4.39 Å². The van der Waals surface area contributed by atoms with Crippen LogP contribution in [0.5, 0.6) is 5.75 Å². The molecule has 0 fully saturated rings. The number of hydrogen-bond acceptors (Lipinski definition) is 5. The molecule has 8 heteroatoms. The second-order valence-corrected chi connectivity index (χ2v) is 6.70. The van der Waals surface area contributed by atoms with E-state index in [-0.39, 0.29) is 11.7 Å². The summed E-state index contributed by atoms with van der Waals surface area (Å²) < 4.78 is 26.1. The van der Waals surface area contributed by atoms with Gasteiger partial charge in [-0.25, -0.2) is 9.37 Å². The molecule has 0 bridgehead atoms. The first kappa shape index (κ1) is 18.2. The van der Waals surface area contributed by atoms with Gasteiger partial charge in [0, 0.05) is 36.3 Å². The van der Waals surface area contributed by atoms with Crippen molar-refractivity contribution in [2.75, 3.05) is 13.7 Å². The van der Waals surface area contributed by atoms with Gasteiger partial charge in [-0.1, -0.05) is 6.92 Å². The molecular weight excluding hydrogens is 363 g/mol. The lowest BCUT2D eigenvalue weighted by atomic mass is 10.0. The van der Waals surface area contributed by atoms with E-state index in [9.17, 15) is 9.18 Å². The molecule has 0 aliphatic carbocycles. The van der Waals surface area contributed by atoms with Crippen LogP contribution in [0.1, 0.15) is 35.0 Å². The van der Waals surface area contributed by atoms with Gasteiger partial charge in [0.2, 0.25) is 0 Å². The summed E-state index contributed by atoms with van der Waals surface area (Å²) in [6, 6.07) is 4.27. The summed E-state index contributed by atoms with van der Waals surface area (Å²) in [7, 11) is 1.39. The van der Waals surface area contributed by atoms with Crippen molar-refractivity contribution in [2.24, 2.45) is 0 Å². The van der Waals surface area contributed by atoms with Gasteiger partial charge >= 0.3 is 0 Å². The summed E-state index contributed by atoms with van der Waals surface area (Å²) in [5.41, 5.74) is 3.76. The molecular formula is C20H21FN4O3. The lowest BCUT2D eigenvalue weighted by Gasteiger charge is -2.28. The van der Waals surface area contributed by atoms with Crippen molar-refractivity contribution < 1.29 is 18.3 Å². The highest BCUT2D eigenvalue weighted by Gasteiger charge is 2.29. The largest absolute Gasteiger partial charge is 0.494 e. The predicted molar refractivity (Wildman–Crippen MR) is 99.4 cm³/mol. The summed E-state index contributed by atoms with van der Waals surface area (Å²) in [5.74, 6) is -0.654. The molecule has 28 heavy (non-hydrogen) atoms. The average Bonchev–Trinajstić information content (AvgIpc) is 3.35. The molecule has 0 saturated heterocycles. The van der Waals surface area contributed by atoms with Crippen LogP contribution in [0.2, 0.25) is 0 Å². The lowest BCUT2D eigenvalue weighted by Crippen LogP contribution is -2.36. The van der Waals surface area contributed by atoms with Gasteiger partial charge in [0.25, 0.3) is 5.91 Å². The molecule has 0 unspecified atom stereocenters. The molecule has 7 nitrogen and oxygen atoms in total. The van der Waals surface area contributed by atoms with Gasteiger partial charge in [0.1, 0.15) is 17.7 Å². The number of fused-ring (bicyclic) bond motifs is 1. The zero-order chi connectivity index (χ0) is 19.7. The van der Waals surface area contributed by atoms with E-state index in [0.717, 1.165) is 29.9 Å². The minimum Gasteiger partial charge on any atom is -0.494 e. The van der Waals surface area contributed by atoms with E-state index < -0.39 is 5.82 Å². The Bertz CT molecular complexity index is 997. The molecule has 3 aromatic rings. The topological polar surface area (TPSA) is 73.4 Å². The molecule has 4 rings (SSSR count). The smallest absolute Gasteiger partial charge is 0.254 e. The number of aryl methyl sites for hydroxylation is 1. The van der Waals surface area contributed by atoms with Crippen molar-refractivity contribution in [3.63, 3.8) is 0 Å². The van der Waals surface area contributed by atoms with E-state index in [1.807, 2.05) is 4.68 Å². The first-order valence-corrected chi connectivity index (χ1v) is 9.22. The molecule has 0 N–H and O–H groups in total. The Morgan fingerprint density at radius 3 is 2.93 bits per heavy atom. The lowest BCUT2D eigenvalue weighted by molar-refractivity contribution is 0.0733. The van der Waals surface area contributed by atoms with E-state index in [0.29, 0.717) is 30.8 Å². The molecule has 0 atom stereocenters. The third-order valence-electron chi connectivity index (χ3n) is 4.93. The van der Waals surface area contributed by atoms with Crippen molar-refractivity contribution in [3.8, 4) is 17.1 Å². The van der Waals surface area contributed by atoms with E-state index in [1.54, 1.807) is 17.2 Å². The van der Waals surface area contributed by atoms with Crippen molar-refractivity contribution in [2.45, 2.75) is 32.9 Å². The van der Waals surface area contributed by atoms with Crippen LogP contribution >= 0.6 is 0 Å². The number of ether oxygens (including phenoxy) is 1. The second kappa shape index (κ2) is 7.46. The zero-order valence-corrected chi connectivity index (χ0v) is 15.8. The zero-order valence-electron chi connectivity index (χ0n) is 15.8. The van der Waals surface area contributed by atoms with Crippen LogP contribution in [0.25, 0.3) is 11.4 Å². The molecule has 1 aromatic carbocycles. The number of aromatic nitrogens is 3. The Morgan fingerprint density at radius 1 is 1.39 bits per heavy atom. The third kappa shape index (κ3) is 3.15. The van der Waals surface area contributed by atoms with E-state index in [1.165, 1.54) is 25.6 Å². The fourth-order valence-electron chi connectivity index (χ4n) is 3.58. The molecule has 1 amide bonds. The van der Waals surface area contributed by atoms with Crippen molar-refractivity contribution in [1.82, 2.24) is 19.7 Å². The van der Waals surface area contributed by atoms with Crippen LogP contribution in [0.3, 0.4) is 0 Å². The average molecular weight is 384 g/mol. The molecule has 3 heterocycles. The Kier molecular flexibility index (Phi) is 4.85. The molecule has 0 spiro atoms. The molecule has 2 aromatic heterocycles. The molecule has 1 aliphatic heterocycles. The van der Waals surface area contributed by atoms with Gasteiger partial charge in [-0.05, 0) is 24.6 Å². The van der Waals surface area contributed by atoms with Gasteiger partial charge < -0.3 is 14.1 Å². The summed E-state index contributed by atoms with van der Waals surface area (Å²) in [6.45, 7) is 3.85. The summed E-state index contributed by atoms with van der Waals surface area (Å²) in [6.07, 6.45) is 4.57. The molecule has 1 aliphatic rings. The maximum atomic E-state index is 14.0. The van der Waals surface area contributed by atoms with E-state index in [4.69, 9.17) is 14.3 Å². The van der Waals surface area contributed by atoms with Crippen LogP contribution in [-0.2, 0) is 19.5 Å². The number of carbonyl (C=O) groups is 1. The quantitative estimate of drug-likeness (QED) is 0.675. The monoisotopic (exact) mass is 384 g/mol. The summed E-state index contributed by atoms with van der Waals surface area (Å²) in [4.78, 5) is 18.9. The number of methoxy groups -OCH3 is 1. The van der Waals surface area contributed by atoms with Gasteiger partial charge in [-0.3, -0.25) is 9.48 Å². The summed E-state index contributed by atoms with van der Waals surface area (Å²) in [5, 5.41) is 4.71. The first-order valence-electron chi connectivity index (χ1n) is 9.22. The predicted octanol–water partition coefficient (Wildman–Crippen LogP) is 3.29. The standard InChI is InChI=1S/C20H21FN4O3/c1-3-7-25-17-6-8-24(10-14(17)19(23-25)16-11-28-12-22-16)20(26)13-4-5-18(27-2)15(21)9-13/h4-5,9,11-12H,3,6-8,10H2,1-2H3. The van der Waals surface area contributed by atoms with E-state index >= 15 is 0 Å². The number of nitrogens with zero attached hydrogens (tertiary/aromatic N) is 4. The molecule has 0 radical (unpaired) electrons. The highest BCUT2D eigenvalue weighted by atomic mass is 19.1. The molecule has 146 valence electrons. The van der Waals surface area contributed by atoms with Crippen LogP contribution in [-0.4, -0.2) is 39.2 Å². The Balaban J connectivity index is 1.65. The van der Waals surface area contributed by atoms with Crippen LogP contribution in [0.15, 0.2) is 35.3 Å². The minimum atomic E-state index is -0.551. The SMILES string of the molecule is CCCn1nc(-c2cocn2)c2c1CCN(C(=O)c1ccc(OC)c(F)c1)C2. The highest BCUT2D eigenvalue weighted by Crippen LogP contribution is 2.30. The minimum absolute atomic E-state index is 0.117. The number of rotatable bonds is 5. The fourth-order valence-corrected chi connectivity index (χ4v) is 3.58. The Morgan fingerprint density at radius 2 is 2.25 bits per heavy atom. The number of hydrogen-bond donors (Lipinski definition) is 0. The van der Waals surface area contributed by atoms with E-state index in [2.05, 4.69) is 11.9 Å². The Hall–Kier alpha value is -3.16. The van der Waals surface area contributed by atoms with Crippen molar-refractivity contribution >= 4 is 5.91 Å². The maximum absolute atomic E-state index is 14.0. The second-order valence-electron chi connectivity index (χ2n) is 6.70. The van der Waals surface area contributed by atoms with Crippen LogP contribution in [0, 0.1) is 5.82 Å². The highest BCUT2D eigenvalue weighted by molar-refractivity contribution is 5.94. The van der Waals surface area contributed by atoms with Gasteiger partial charge in [-0.2, -0.15) is 5.10 Å². The number of amides is 1. The van der Waals surface area contributed by atoms with Gasteiger partial charge in [0.15, 0.2) is 18.0 Å². The fraction of sp³-hybridized carbons (Fsp3) is 0.350. The van der Waals surface area contributed by atoms with Gasteiger partial charge in [0.05, 0.1) is 13.7 Å². The number of benzene rings is 1. The van der Waals surface area contributed by atoms with Crippen molar-refractivity contribution in [3.05, 3.63) is 53.5 Å². The van der Waals surface area contributed by atoms with Crippen LogP contribution < -0.4 is 4.74 Å². The number of halogens is 1. The third-order valence-corrected chi connectivity index (χ3v) is 4.93. The number of oxazole rings is 1. The van der Waals surface area contributed by atoms with Crippen molar-refractivity contribution in [1.29, 1.82) is 0 Å². The van der Waals surface area contributed by atoms with Gasteiger partial charge in [-0.15, -0.1) is 0 Å². The number of carbonyl (C=O) groups excluding carboxylic acids is 1. The summed E-state index contributed by atoms with van der Waals surface area (Å²) >= 11 is 0. The normalized spacial score (nSPS) is 13.5. The molecule has 0 saturated carbocycles. The maximum Gasteiger partial charge on any atom is 0.254 e. The Labute approximate surface area is 161 Å².